The zero-order valence-electron chi connectivity index (χ0n) is 11.8. The molecule has 3 aromatic rings. The average Bonchev–Trinajstić information content (AvgIpc) is 2.77. The fraction of sp³-hybridized carbons (Fsp3) is 0.200. The third-order valence-corrected chi connectivity index (χ3v) is 3.37. The van der Waals surface area contributed by atoms with E-state index in [1.807, 2.05) is 19.9 Å². The summed E-state index contributed by atoms with van der Waals surface area (Å²) in [6, 6.07) is 4.86. The molecule has 21 heavy (non-hydrogen) atoms. The van der Waals surface area contributed by atoms with Crippen LogP contribution in [0.15, 0.2) is 28.8 Å². The van der Waals surface area contributed by atoms with E-state index in [-0.39, 0.29) is 6.54 Å². The quantitative estimate of drug-likeness (QED) is 0.723. The van der Waals surface area contributed by atoms with E-state index in [1.165, 1.54) is 6.07 Å². The lowest BCUT2D eigenvalue weighted by Crippen LogP contribution is -2.04. The first kappa shape index (κ1) is 13.4. The average molecular weight is 286 g/mol. The van der Waals surface area contributed by atoms with E-state index in [9.17, 15) is 4.39 Å². The highest BCUT2D eigenvalue weighted by Gasteiger charge is 2.13. The fourth-order valence-corrected chi connectivity index (χ4v) is 2.18. The van der Waals surface area contributed by atoms with E-state index in [0.29, 0.717) is 28.2 Å². The van der Waals surface area contributed by atoms with Crippen LogP contribution in [-0.4, -0.2) is 9.97 Å². The number of pyridine rings is 1. The third-order valence-electron chi connectivity index (χ3n) is 3.37. The van der Waals surface area contributed by atoms with Crippen LogP contribution in [0, 0.1) is 19.7 Å². The predicted molar refractivity (Wildman–Crippen MR) is 79.4 cm³/mol. The predicted octanol–water partition coefficient (Wildman–Crippen LogP) is 3.17. The van der Waals surface area contributed by atoms with Crippen molar-refractivity contribution in [1.82, 2.24) is 9.97 Å². The number of aryl methyl sites for hydroxylation is 2. The van der Waals surface area contributed by atoms with Crippen LogP contribution in [-0.2, 0) is 6.54 Å². The van der Waals surface area contributed by atoms with Crippen LogP contribution >= 0.6 is 0 Å². The van der Waals surface area contributed by atoms with Crippen LogP contribution in [0.2, 0.25) is 0 Å². The fourth-order valence-electron chi connectivity index (χ4n) is 2.18. The Morgan fingerprint density at radius 1 is 1.38 bits per heavy atom. The van der Waals surface area contributed by atoms with Gasteiger partial charge in [-0.05, 0) is 32.0 Å². The summed E-state index contributed by atoms with van der Waals surface area (Å²) in [6.07, 6.45) is 1.60. The van der Waals surface area contributed by atoms with E-state index in [2.05, 4.69) is 15.3 Å². The molecule has 5 nitrogen and oxygen atoms in total. The van der Waals surface area contributed by atoms with Gasteiger partial charge in [-0.2, -0.15) is 0 Å². The molecule has 108 valence electrons. The minimum atomic E-state index is -0.446. The Balaban J connectivity index is 1.97. The molecule has 0 unspecified atom stereocenters. The van der Waals surface area contributed by atoms with Crippen molar-refractivity contribution in [3.8, 4) is 0 Å². The number of hydrogen-bond donors (Lipinski definition) is 2. The number of benzene rings is 1. The lowest BCUT2D eigenvalue weighted by molar-refractivity contribution is 0.478. The van der Waals surface area contributed by atoms with Gasteiger partial charge in [-0.1, -0.05) is 0 Å². The third kappa shape index (κ3) is 2.40. The summed E-state index contributed by atoms with van der Waals surface area (Å²) >= 11 is 0. The maximum absolute atomic E-state index is 14.1. The number of nitrogen functional groups attached to an aromatic ring is 1. The Bertz CT molecular complexity index is 793. The van der Waals surface area contributed by atoms with Gasteiger partial charge in [0.15, 0.2) is 5.82 Å². The second-order valence-electron chi connectivity index (χ2n) is 4.82. The summed E-state index contributed by atoms with van der Waals surface area (Å²) in [7, 11) is 0. The Morgan fingerprint density at radius 2 is 2.19 bits per heavy atom. The van der Waals surface area contributed by atoms with Crippen molar-refractivity contribution in [3.05, 3.63) is 47.6 Å². The van der Waals surface area contributed by atoms with Crippen LogP contribution in [0.1, 0.15) is 17.3 Å². The number of fused-ring (bicyclic) bond motifs is 1. The summed E-state index contributed by atoms with van der Waals surface area (Å²) in [5.74, 6) is 0.816. The lowest BCUT2D eigenvalue weighted by Gasteiger charge is -2.10. The lowest BCUT2D eigenvalue weighted by atomic mass is 10.1. The molecule has 0 aliphatic heterocycles. The molecular weight excluding hydrogens is 271 g/mol. The number of anilines is 2. The molecule has 2 aromatic heterocycles. The second-order valence-corrected chi connectivity index (χ2v) is 4.82. The van der Waals surface area contributed by atoms with E-state index >= 15 is 0 Å². The first-order valence-corrected chi connectivity index (χ1v) is 6.55. The molecule has 0 aliphatic rings. The number of nitrogens with two attached hydrogens (primary N) is 1. The number of rotatable bonds is 3. The highest BCUT2D eigenvalue weighted by atomic mass is 19.1. The topological polar surface area (TPSA) is 77.0 Å². The van der Waals surface area contributed by atoms with Gasteiger partial charge in [-0.15, -0.1) is 0 Å². The van der Waals surface area contributed by atoms with Gasteiger partial charge in [0, 0.05) is 17.3 Å². The zero-order chi connectivity index (χ0) is 15.0. The summed E-state index contributed by atoms with van der Waals surface area (Å²) in [4.78, 5) is 8.46. The maximum atomic E-state index is 14.1. The van der Waals surface area contributed by atoms with Crippen molar-refractivity contribution < 1.29 is 8.81 Å². The van der Waals surface area contributed by atoms with Crippen LogP contribution in [0.25, 0.3) is 10.9 Å². The Hall–Kier alpha value is -2.63. The Morgan fingerprint density at radius 3 is 2.90 bits per heavy atom. The number of aromatic nitrogens is 2. The number of nitrogens with zero attached hydrogens (tertiary/aromatic N) is 2. The van der Waals surface area contributed by atoms with Gasteiger partial charge < -0.3 is 15.5 Å². The van der Waals surface area contributed by atoms with Crippen LogP contribution in [0.4, 0.5) is 15.8 Å². The maximum Gasteiger partial charge on any atom is 0.213 e. The molecule has 0 amide bonds. The van der Waals surface area contributed by atoms with Crippen molar-refractivity contribution in [2.24, 2.45) is 0 Å². The number of hydrogen-bond acceptors (Lipinski definition) is 5. The summed E-state index contributed by atoms with van der Waals surface area (Å²) in [5, 5.41) is 3.70. The molecule has 2 heterocycles. The molecule has 0 spiro atoms. The SMILES string of the molecule is Cc1nc(CNc2c(F)cc(N)c3cccnc23)oc1C. The molecule has 6 heteroatoms. The standard InChI is InChI=1S/C15H15FN4O/c1-8-9(2)21-13(20-8)7-19-15-11(16)6-12(17)10-4-3-5-18-14(10)15/h3-6,19H,7,17H2,1-2H3. The molecule has 0 atom stereocenters. The summed E-state index contributed by atoms with van der Waals surface area (Å²) in [5.41, 5.74) is 7.80. The molecule has 0 fully saturated rings. The number of oxazole rings is 1. The van der Waals surface area contributed by atoms with Crippen LogP contribution in [0.5, 0.6) is 0 Å². The van der Waals surface area contributed by atoms with E-state index in [4.69, 9.17) is 10.2 Å². The van der Waals surface area contributed by atoms with E-state index in [0.717, 1.165) is 11.5 Å². The van der Waals surface area contributed by atoms with Gasteiger partial charge >= 0.3 is 0 Å². The second kappa shape index (κ2) is 5.05. The highest BCUT2D eigenvalue weighted by molar-refractivity contribution is 5.98. The first-order valence-electron chi connectivity index (χ1n) is 6.55. The first-order chi connectivity index (χ1) is 10.1. The van der Waals surface area contributed by atoms with Crippen molar-refractivity contribution in [2.45, 2.75) is 20.4 Å². The Kier molecular flexibility index (Phi) is 3.21. The molecule has 0 radical (unpaired) electrons. The minimum Gasteiger partial charge on any atom is -0.444 e. The van der Waals surface area contributed by atoms with Crippen molar-refractivity contribution in [2.75, 3.05) is 11.1 Å². The molecule has 3 rings (SSSR count). The van der Waals surface area contributed by atoms with Gasteiger partial charge in [0.1, 0.15) is 5.76 Å². The van der Waals surface area contributed by atoms with E-state index in [1.54, 1.807) is 12.3 Å². The summed E-state index contributed by atoms with van der Waals surface area (Å²) in [6.45, 7) is 3.98. The normalized spacial score (nSPS) is 11.0. The molecule has 0 bridgehead atoms. The molecular formula is C15H15FN4O. The smallest absolute Gasteiger partial charge is 0.213 e. The van der Waals surface area contributed by atoms with Gasteiger partial charge in [-0.3, -0.25) is 4.98 Å². The molecule has 3 N–H and O–H groups in total. The zero-order valence-corrected chi connectivity index (χ0v) is 11.8. The monoisotopic (exact) mass is 286 g/mol. The van der Waals surface area contributed by atoms with Gasteiger partial charge in [0.05, 0.1) is 23.4 Å². The molecule has 0 saturated heterocycles. The van der Waals surface area contributed by atoms with Gasteiger partial charge in [-0.25, -0.2) is 9.37 Å². The van der Waals surface area contributed by atoms with Crippen LogP contribution in [0.3, 0.4) is 0 Å². The molecule has 1 aromatic carbocycles. The van der Waals surface area contributed by atoms with E-state index < -0.39 is 5.82 Å². The van der Waals surface area contributed by atoms with Crippen molar-refractivity contribution in [3.63, 3.8) is 0 Å². The highest BCUT2D eigenvalue weighted by Crippen LogP contribution is 2.29. The largest absolute Gasteiger partial charge is 0.444 e. The summed E-state index contributed by atoms with van der Waals surface area (Å²) < 4.78 is 19.6. The van der Waals surface area contributed by atoms with Gasteiger partial charge in [0.25, 0.3) is 0 Å². The minimum absolute atomic E-state index is 0.279. The van der Waals surface area contributed by atoms with Crippen LogP contribution < -0.4 is 11.1 Å². The Labute approximate surface area is 121 Å². The number of halogens is 1. The molecule has 0 aliphatic carbocycles. The molecule has 0 saturated carbocycles. The number of nitrogens with one attached hydrogen (secondary N) is 1. The van der Waals surface area contributed by atoms with Crippen molar-refractivity contribution >= 4 is 22.3 Å². The van der Waals surface area contributed by atoms with Crippen molar-refractivity contribution in [1.29, 1.82) is 0 Å². The van der Waals surface area contributed by atoms with Gasteiger partial charge in [0.2, 0.25) is 5.89 Å².